The van der Waals surface area contributed by atoms with Crippen LogP contribution in [-0.2, 0) is 13.1 Å². The lowest BCUT2D eigenvalue weighted by Crippen LogP contribution is -2.22. The summed E-state index contributed by atoms with van der Waals surface area (Å²) in [5, 5.41) is 7.17. The summed E-state index contributed by atoms with van der Waals surface area (Å²) in [6, 6.07) is 8.72. The van der Waals surface area contributed by atoms with Crippen molar-refractivity contribution >= 4 is 0 Å². The first-order valence-electron chi connectivity index (χ1n) is 7.61. The summed E-state index contributed by atoms with van der Waals surface area (Å²) in [7, 11) is 0. The Morgan fingerprint density at radius 1 is 1.36 bits per heavy atom. The molecule has 0 radical (unpaired) electrons. The van der Waals surface area contributed by atoms with Crippen LogP contribution in [0.4, 0.5) is 8.78 Å². The third-order valence-corrected chi connectivity index (χ3v) is 4.03. The molecule has 4 nitrogen and oxygen atoms in total. The molecule has 1 atom stereocenters. The van der Waals surface area contributed by atoms with E-state index in [0.717, 1.165) is 5.92 Å². The first-order chi connectivity index (χ1) is 10.6. The van der Waals surface area contributed by atoms with E-state index in [1.165, 1.54) is 35.0 Å². The van der Waals surface area contributed by atoms with Gasteiger partial charge in [-0.1, -0.05) is 24.3 Å². The van der Waals surface area contributed by atoms with Gasteiger partial charge in [-0.05, 0) is 36.8 Å². The molecule has 3 rings (SSSR count). The van der Waals surface area contributed by atoms with Crippen molar-refractivity contribution in [1.82, 2.24) is 20.1 Å². The molecular weight excluding hydrogens is 286 g/mol. The maximum absolute atomic E-state index is 12.5. The molecule has 0 aliphatic heterocycles. The number of nitrogens with one attached hydrogen (secondary N) is 1. The highest BCUT2D eigenvalue weighted by molar-refractivity contribution is 5.30. The molecule has 1 fully saturated rings. The normalized spacial score (nSPS) is 16.2. The largest absolute Gasteiger partial charge is 0.303 e. The highest BCUT2D eigenvalue weighted by Gasteiger charge is 2.23. The Morgan fingerprint density at radius 3 is 2.91 bits per heavy atom. The fourth-order valence-corrected chi connectivity index (χ4v) is 2.57. The summed E-state index contributed by atoms with van der Waals surface area (Å²) in [6.07, 6.45) is 1.45. The molecule has 118 valence electrons. The first kappa shape index (κ1) is 15.1. The molecule has 0 bridgehead atoms. The number of aromatic nitrogens is 3. The summed E-state index contributed by atoms with van der Waals surface area (Å²) >= 11 is 0. The van der Waals surface area contributed by atoms with Crippen LogP contribution in [0.1, 0.15) is 48.7 Å². The third kappa shape index (κ3) is 3.68. The van der Waals surface area contributed by atoms with Gasteiger partial charge in [-0.25, -0.2) is 18.4 Å². The van der Waals surface area contributed by atoms with E-state index in [-0.39, 0.29) is 6.04 Å². The van der Waals surface area contributed by atoms with E-state index in [1.807, 2.05) is 0 Å². The van der Waals surface area contributed by atoms with Crippen LogP contribution in [0.3, 0.4) is 0 Å². The van der Waals surface area contributed by atoms with E-state index < -0.39 is 13.0 Å². The number of alkyl halides is 2. The highest BCUT2D eigenvalue weighted by Crippen LogP contribution is 2.40. The first-order valence-corrected chi connectivity index (χ1v) is 7.61. The lowest BCUT2D eigenvalue weighted by atomic mass is 10.0. The molecule has 1 aliphatic rings. The minimum Gasteiger partial charge on any atom is -0.303 e. The quantitative estimate of drug-likeness (QED) is 0.853. The van der Waals surface area contributed by atoms with Crippen LogP contribution in [0.25, 0.3) is 0 Å². The SMILES string of the molecule is C[C@H](NCc1ncnn1CC(F)F)c1cccc(C2CC2)c1. The van der Waals surface area contributed by atoms with Crippen molar-refractivity contribution in [3.8, 4) is 0 Å². The molecule has 1 saturated carbocycles. The Bertz CT molecular complexity index is 622. The van der Waals surface area contributed by atoms with Crippen molar-refractivity contribution in [3.05, 3.63) is 47.5 Å². The summed E-state index contributed by atoms with van der Waals surface area (Å²) in [5.41, 5.74) is 2.61. The van der Waals surface area contributed by atoms with Gasteiger partial charge in [0.1, 0.15) is 18.7 Å². The fourth-order valence-electron chi connectivity index (χ4n) is 2.57. The molecule has 1 aromatic heterocycles. The van der Waals surface area contributed by atoms with E-state index in [1.54, 1.807) is 0 Å². The number of hydrogen-bond donors (Lipinski definition) is 1. The number of rotatable bonds is 7. The van der Waals surface area contributed by atoms with Gasteiger partial charge in [-0.2, -0.15) is 5.10 Å². The van der Waals surface area contributed by atoms with E-state index in [4.69, 9.17) is 0 Å². The van der Waals surface area contributed by atoms with E-state index in [2.05, 4.69) is 46.6 Å². The molecule has 0 spiro atoms. The zero-order valence-corrected chi connectivity index (χ0v) is 12.5. The van der Waals surface area contributed by atoms with Crippen LogP contribution in [0.2, 0.25) is 0 Å². The average Bonchev–Trinajstić information content (AvgIpc) is 3.27. The van der Waals surface area contributed by atoms with Crippen molar-refractivity contribution in [2.75, 3.05) is 0 Å². The van der Waals surface area contributed by atoms with Gasteiger partial charge in [0.2, 0.25) is 0 Å². The van der Waals surface area contributed by atoms with E-state index >= 15 is 0 Å². The van der Waals surface area contributed by atoms with Gasteiger partial charge in [0, 0.05) is 6.04 Å². The number of nitrogens with zero attached hydrogens (tertiary/aromatic N) is 3. The molecular formula is C16H20F2N4. The van der Waals surface area contributed by atoms with Crippen LogP contribution >= 0.6 is 0 Å². The van der Waals surface area contributed by atoms with Crippen molar-refractivity contribution < 1.29 is 8.78 Å². The summed E-state index contributed by atoms with van der Waals surface area (Å²) in [4.78, 5) is 4.05. The lowest BCUT2D eigenvalue weighted by molar-refractivity contribution is 0.120. The molecule has 1 aromatic carbocycles. The van der Waals surface area contributed by atoms with Crippen molar-refractivity contribution in [2.45, 2.75) is 51.2 Å². The number of hydrogen-bond acceptors (Lipinski definition) is 3. The molecule has 6 heteroatoms. The Kier molecular flexibility index (Phi) is 4.47. The smallest absolute Gasteiger partial charge is 0.257 e. The molecule has 1 aliphatic carbocycles. The molecule has 0 amide bonds. The second-order valence-corrected chi connectivity index (χ2v) is 5.80. The topological polar surface area (TPSA) is 42.7 Å². The van der Waals surface area contributed by atoms with Crippen LogP contribution in [0.5, 0.6) is 0 Å². The molecule has 0 unspecified atom stereocenters. The highest BCUT2D eigenvalue weighted by atomic mass is 19.3. The Morgan fingerprint density at radius 2 is 2.18 bits per heavy atom. The second-order valence-electron chi connectivity index (χ2n) is 5.80. The van der Waals surface area contributed by atoms with Gasteiger partial charge in [-0.3, -0.25) is 0 Å². The second kappa shape index (κ2) is 6.52. The maximum Gasteiger partial charge on any atom is 0.257 e. The minimum absolute atomic E-state index is 0.135. The van der Waals surface area contributed by atoms with Crippen LogP contribution in [0.15, 0.2) is 30.6 Å². The van der Waals surface area contributed by atoms with Gasteiger partial charge < -0.3 is 5.32 Å². The van der Waals surface area contributed by atoms with E-state index in [9.17, 15) is 8.78 Å². The fraction of sp³-hybridized carbons (Fsp3) is 0.500. The molecule has 0 saturated heterocycles. The van der Waals surface area contributed by atoms with Crippen LogP contribution in [-0.4, -0.2) is 21.2 Å². The summed E-state index contributed by atoms with van der Waals surface area (Å²) < 4.78 is 26.2. The maximum atomic E-state index is 12.5. The van der Waals surface area contributed by atoms with Gasteiger partial charge in [0.25, 0.3) is 6.43 Å². The van der Waals surface area contributed by atoms with Gasteiger partial charge in [-0.15, -0.1) is 0 Å². The van der Waals surface area contributed by atoms with Gasteiger partial charge in [0.05, 0.1) is 6.54 Å². The Labute approximate surface area is 128 Å². The minimum atomic E-state index is -2.42. The summed E-state index contributed by atoms with van der Waals surface area (Å²) in [5.74, 6) is 1.26. The lowest BCUT2D eigenvalue weighted by Gasteiger charge is -2.15. The van der Waals surface area contributed by atoms with Crippen LogP contribution in [0, 0.1) is 0 Å². The predicted octanol–water partition coefficient (Wildman–Crippen LogP) is 3.27. The van der Waals surface area contributed by atoms with Crippen molar-refractivity contribution in [2.24, 2.45) is 0 Å². The Hall–Kier alpha value is -1.82. The van der Waals surface area contributed by atoms with Crippen molar-refractivity contribution in [3.63, 3.8) is 0 Å². The zero-order valence-electron chi connectivity index (χ0n) is 12.5. The third-order valence-electron chi connectivity index (χ3n) is 4.03. The van der Waals surface area contributed by atoms with Crippen LogP contribution < -0.4 is 5.32 Å². The molecule has 2 aromatic rings. The number of halogens is 2. The predicted molar refractivity (Wildman–Crippen MR) is 79.7 cm³/mol. The van der Waals surface area contributed by atoms with E-state index in [0.29, 0.717) is 12.4 Å². The summed E-state index contributed by atoms with van der Waals surface area (Å²) in [6.45, 7) is 2.07. The Balaban J connectivity index is 1.61. The van der Waals surface area contributed by atoms with Crippen molar-refractivity contribution in [1.29, 1.82) is 0 Å². The standard InChI is InChI=1S/C16H20F2N4/c1-11(13-3-2-4-14(7-13)12-5-6-12)19-8-16-20-10-21-22(16)9-15(17)18/h2-4,7,10-12,15,19H,5-6,8-9H2,1H3/t11-/m0/s1. The zero-order chi connectivity index (χ0) is 15.5. The average molecular weight is 306 g/mol. The van der Waals surface area contributed by atoms with Gasteiger partial charge in [0.15, 0.2) is 0 Å². The monoisotopic (exact) mass is 306 g/mol. The molecule has 1 heterocycles. The van der Waals surface area contributed by atoms with Gasteiger partial charge >= 0.3 is 0 Å². The number of benzene rings is 1. The molecule has 22 heavy (non-hydrogen) atoms. The molecule has 1 N–H and O–H groups in total.